The molecule has 0 saturated heterocycles. The smallest absolute Gasteiger partial charge is 0.282 e. The maximum Gasteiger partial charge on any atom is 0.282 e. The summed E-state index contributed by atoms with van der Waals surface area (Å²) in [7, 11) is 0. The van der Waals surface area contributed by atoms with E-state index >= 15 is 0 Å². The van der Waals surface area contributed by atoms with Gasteiger partial charge in [-0.2, -0.15) is 5.10 Å². The van der Waals surface area contributed by atoms with Gasteiger partial charge in [-0.05, 0) is 25.5 Å². The van der Waals surface area contributed by atoms with Crippen molar-refractivity contribution < 1.29 is 19.2 Å². The van der Waals surface area contributed by atoms with Crippen molar-refractivity contribution >= 4 is 29.1 Å². The first-order valence-electron chi connectivity index (χ1n) is 6.93. The van der Waals surface area contributed by atoms with Crippen LogP contribution in [-0.4, -0.2) is 23.8 Å². The summed E-state index contributed by atoms with van der Waals surface area (Å²) >= 11 is 1.48. The first kappa shape index (κ1) is 15.9. The molecule has 0 aliphatic carbocycles. The largest absolute Gasteiger partial charge is 0.454 e. The third kappa shape index (κ3) is 2.93. The van der Waals surface area contributed by atoms with E-state index in [9.17, 15) is 14.9 Å². The molecule has 9 heteroatoms. The van der Waals surface area contributed by atoms with Crippen molar-refractivity contribution in [2.45, 2.75) is 13.8 Å². The number of ether oxygens (including phenoxy) is 2. The normalized spacial score (nSPS) is 12.6. The summed E-state index contributed by atoms with van der Waals surface area (Å²) in [6, 6.07) is 2.73. The maximum absolute atomic E-state index is 12.1. The third-order valence-corrected chi connectivity index (χ3v) is 4.63. The van der Waals surface area contributed by atoms with Crippen molar-refractivity contribution in [3.63, 3.8) is 0 Å². The molecule has 0 bridgehead atoms. The Morgan fingerprint density at radius 1 is 1.38 bits per heavy atom. The van der Waals surface area contributed by atoms with Crippen molar-refractivity contribution in [2.75, 3.05) is 6.79 Å². The Hall–Kier alpha value is -2.94. The van der Waals surface area contributed by atoms with E-state index in [-0.39, 0.29) is 24.0 Å². The van der Waals surface area contributed by atoms with E-state index in [4.69, 9.17) is 9.47 Å². The molecule has 1 N–H and O–H groups in total. The zero-order chi connectivity index (χ0) is 17.3. The Bertz CT molecular complexity index is 859. The predicted molar refractivity (Wildman–Crippen MR) is 88.1 cm³/mol. The maximum atomic E-state index is 12.1. The lowest BCUT2D eigenvalue weighted by Gasteiger charge is -2.01. The summed E-state index contributed by atoms with van der Waals surface area (Å²) in [4.78, 5) is 23.7. The average molecular weight is 347 g/mol. The highest BCUT2D eigenvalue weighted by molar-refractivity contribution is 7.10. The fraction of sp³-hybridized carbons (Fsp3) is 0.200. The Kier molecular flexibility index (Phi) is 4.17. The molecular weight excluding hydrogens is 334 g/mol. The fourth-order valence-electron chi connectivity index (χ4n) is 2.17. The molecule has 1 aliphatic heterocycles. The van der Waals surface area contributed by atoms with Crippen LogP contribution in [-0.2, 0) is 0 Å². The van der Waals surface area contributed by atoms with Crippen LogP contribution in [0.4, 0.5) is 5.69 Å². The number of hydrogen-bond acceptors (Lipinski definition) is 7. The number of nitrogens with zero attached hydrogens (tertiary/aromatic N) is 2. The number of hydrogen-bond donors (Lipinski definition) is 1. The highest BCUT2D eigenvalue weighted by Crippen LogP contribution is 2.37. The quantitative estimate of drug-likeness (QED) is 0.520. The number of hydrazone groups is 1. The van der Waals surface area contributed by atoms with Gasteiger partial charge < -0.3 is 9.47 Å². The number of carbonyl (C=O) groups excluding carboxylic acids is 1. The molecule has 0 fully saturated rings. The van der Waals surface area contributed by atoms with E-state index in [2.05, 4.69) is 10.5 Å². The standard InChI is InChI=1S/C15H13N3O5S/c1-8-9(2)24-6-11(8)15(19)17-16-5-10-3-13-14(23-7-22-13)4-12(10)18(20)21/h3-6H,7H2,1-2H3,(H,17,19). The number of benzene rings is 1. The number of fused-ring (bicyclic) bond motifs is 1. The van der Waals surface area contributed by atoms with Crippen LogP contribution in [0.15, 0.2) is 22.6 Å². The van der Waals surface area contributed by atoms with Crippen LogP contribution >= 0.6 is 11.3 Å². The Morgan fingerprint density at radius 3 is 2.71 bits per heavy atom. The molecule has 2 heterocycles. The van der Waals surface area contributed by atoms with Crippen LogP contribution < -0.4 is 14.9 Å². The summed E-state index contributed by atoms with van der Waals surface area (Å²) in [6.07, 6.45) is 1.21. The van der Waals surface area contributed by atoms with Crippen LogP contribution in [0.2, 0.25) is 0 Å². The number of nitro benzene ring substituents is 1. The van der Waals surface area contributed by atoms with Gasteiger partial charge in [-0.3, -0.25) is 14.9 Å². The summed E-state index contributed by atoms with van der Waals surface area (Å²) in [5.74, 6) is 0.349. The molecule has 0 saturated carbocycles. The first-order chi connectivity index (χ1) is 11.5. The highest BCUT2D eigenvalue weighted by atomic mass is 32.1. The monoisotopic (exact) mass is 347 g/mol. The van der Waals surface area contributed by atoms with Crippen LogP contribution in [0.25, 0.3) is 0 Å². The molecule has 1 aromatic carbocycles. The van der Waals surface area contributed by atoms with E-state index in [0.717, 1.165) is 10.4 Å². The van der Waals surface area contributed by atoms with Gasteiger partial charge in [-0.1, -0.05) is 0 Å². The molecule has 0 radical (unpaired) electrons. The first-order valence-corrected chi connectivity index (χ1v) is 7.81. The predicted octanol–water partition coefficient (Wildman–Crippen LogP) is 2.77. The van der Waals surface area contributed by atoms with Crippen LogP contribution in [0.3, 0.4) is 0 Å². The molecule has 1 aromatic heterocycles. The summed E-state index contributed by atoms with van der Waals surface area (Å²) in [5, 5.41) is 16.7. The molecule has 0 atom stereocenters. The van der Waals surface area contributed by atoms with Gasteiger partial charge in [0, 0.05) is 10.3 Å². The van der Waals surface area contributed by atoms with Crippen molar-refractivity contribution in [3.8, 4) is 11.5 Å². The van der Waals surface area contributed by atoms with Crippen molar-refractivity contribution in [1.29, 1.82) is 0 Å². The van der Waals surface area contributed by atoms with Gasteiger partial charge in [-0.15, -0.1) is 11.3 Å². The number of nitrogens with one attached hydrogen (secondary N) is 1. The third-order valence-electron chi connectivity index (χ3n) is 3.62. The number of thiophene rings is 1. The van der Waals surface area contributed by atoms with Crippen LogP contribution in [0.5, 0.6) is 11.5 Å². The SMILES string of the molecule is Cc1scc(C(=O)NN=Cc2cc3c(cc2[N+](=O)[O-])OCO3)c1C. The Morgan fingerprint density at radius 2 is 2.08 bits per heavy atom. The second-order valence-corrected chi connectivity index (χ2v) is 6.13. The summed E-state index contributed by atoms with van der Waals surface area (Å²) in [6.45, 7) is 3.80. The Balaban J connectivity index is 1.80. The van der Waals surface area contributed by atoms with Gasteiger partial charge in [0.1, 0.15) is 0 Å². The molecule has 0 unspecified atom stereocenters. The van der Waals surface area contributed by atoms with E-state index in [1.54, 1.807) is 5.38 Å². The van der Waals surface area contributed by atoms with E-state index in [0.29, 0.717) is 17.1 Å². The van der Waals surface area contributed by atoms with Gasteiger partial charge in [0.05, 0.1) is 28.3 Å². The fourth-order valence-corrected chi connectivity index (χ4v) is 3.03. The number of amides is 1. The lowest BCUT2D eigenvalue weighted by atomic mass is 10.1. The number of carbonyl (C=O) groups is 1. The van der Waals surface area contributed by atoms with Gasteiger partial charge in [0.25, 0.3) is 11.6 Å². The number of aryl methyl sites for hydroxylation is 1. The number of rotatable bonds is 4. The lowest BCUT2D eigenvalue weighted by Crippen LogP contribution is -2.18. The van der Waals surface area contributed by atoms with Gasteiger partial charge >= 0.3 is 0 Å². The zero-order valence-corrected chi connectivity index (χ0v) is 13.7. The van der Waals surface area contributed by atoms with E-state index < -0.39 is 4.92 Å². The van der Waals surface area contributed by atoms with E-state index in [1.165, 1.54) is 29.7 Å². The Labute approximate surface area is 140 Å². The van der Waals surface area contributed by atoms with Gasteiger partial charge in [-0.25, -0.2) is 5.43 Å². The average Bonchev–Trinajstić information content (AvgIpc) is 3.13. The summed E-state index contributed by atoms with van der Waals surface area (Å²) in [5.41, 5.74) is 3.84. The molecule has 3 rings (SSSR count). The van der Waals surface area contributed by atoms with Gasteiger partial charge in [0.2, 0.25) is 6.79 Å². The lowest BCUT2D eigenvalue weighted by molar-refractivity contribution is -0.385. The van der Waals surface area contributed by atoms with Crippen LogP contribution in [0, 0.1) is 24.0 Å². The minimum Gasteiger partial charge on any atom is -0.454 e. The van der Waals surface area contributed by atoms with E-state index in [1.807, 2.05) is 13.8 Å². The van der Waals surface area contributed by atoms with Crippen molar-refractivity contribution in [1.82, 2.24) is 5.43 Å². The molecule has 24 heavy (non-hydrogen) atoms. The topological polar surface area (TPSA) is 103 Å². The zero-order valence-electron chi connectivity index (χ0n) is 12.9. The minimum absolute atomic E-state index is 0.0145. The second-order valence-electron chi connectivity index (χ2n) is 5.05. The molecule has 1 amide bonds. The molecule has 124 valence electrons. The molecule has 0 spiro atoms. The van der Waals surface area contributed by atoms with Gasteiger partial charge in [0.15, 0.2) is 11.5 Å². The molecule has 8 nitrogen and oxygen atoms in total. The molecule has 1 aliphatic rings. The van der Waals surface area contributed by atoms with Crippen molar-refractivity contribution in [2.24, 2.45) is 5.10 Å². The van der Waals surface area contributed by atoms with Crippen molar-refractivity contribution in [3.05, 3.63) is 49.2 Å². The number of nitro groups is 1. The highest BCUT2D eigenvalue weighted by Gasteiger charge is 2.22. The summed E-state index contributed by atoms with van der Waals surface area (Å²) < 4.78 is 10.3. The second kappa shape index (κ2) is 6.28. The molecular formula is C15H13N3O5S. The molecule has 2 aromatic rings. The van der Waals surface area contributed by atoms with Crippen LogP contribution in [0.1, 0.15) is 26.4 Å². The minimum atomic E-state index is -0.544.